The van der Waals surface area contributed by atoms with E-state index in [0.717, 1.165) is 38.4 Å². The van der Waals surface area contributed by atoms with Crippen LogP contribution in [-0.4, -0.2) is 30.8 Å². The van der Waals surface area contributed by atoms with E-state index in [-0.39, 0.29) is 6.10 Å². The van der Waals surface area contributed by atoms with Crippen LogP contribution in [0.1, 0.15) is 25.3 Å². The van der Waals surface area contributed by atoms with Crippen molar-refractivity contribution in [3.63, 3.8) is 0 Å². The van der Waals surface area contributed by atoms with Crippen LogP contribution in [0.5, 0.6) is 0 Å². The summed E-state index contributed by atoms with van der Waals surface area (Å²) < 4.78 is 5.65. The van der Waals surface area contributed by atoms with Gasteiger partial charge in [-0.15, -0.1) is 0 Å². The van der Waals surface area contributed by atoms with Gasteiger partial charge in [-0.3, -0.25) is 0 Å². The van der Waals surface area contributed by atoms with E-state index in [0.29, 0.717) is 10.6 Å². The minimum atomic E-state index is 0.247. The molecule has 0 N–H and O–H groups in total. The van der Waals surface area contributed by atoms with Gasteiger partial charge in [-0.2, -0.15) is 5.26 Å². The number of hydrogen-bond acceptors (Lipinski definition) is 4. The number of piperidine rings is 1. The Morgan fingerprint density at radius 1 is 1.67 bits per heavy atom. The third-order valence-electron chi connectivity index (χ3n) is 3.03. The standard InChI is InChI=1S/C13H16ClN3O/c1-2-18-11-4-3-5-17(9-11)13-12(14)6-10(7-15)8-16-13/h6,8,11H,2-5,9H2,1H3/t11-/m1/s1. The van der Waals surface area contributed by atoms with Crippen LogP contribution in [0.3, 0.4) is 0 Å². The molecule has 0 aromatic carbocycles. The van der Waals surface area contributed by atoms with Gasteiger partial charge in [-0.05, 0) is 25.8 Å². The van der Waals surface area contributed by atoms with Crippen LogP contribution in [0, 0.1) is 11.3 Å². The number of nitrogens with zero attached hydrogens (tertiary/aromatic N) is 3. The number of halogens is 1. The number of nitriles is 1. The molecular formula is C13H16ClN3O. The molecule has 0 amide bonds. The monoisotopic (exact) mass is 265 g/mol. The van der Waals surface area contributed by atoms with Crippen molar-refractivity contribution in [2.24, 2.45) is 0 Å². The first-order chi connectivity index (χ1) is 8.74. The topological polar surface area (TPSA) is 49.1 Å². The highest BCUT2D eigenvalue weighted by atomic mass is 35.5. The van der Waals surface area contributed by atoms with Crippen molar-refractivity contribution in [1.29, 1.82) is 5.26 Å². The van der Waals surface area contributed by atoms with Crippen LogP contribution < -0.4 is 4.90 Å². The Balaban J connectivity index is 2.13. The predicted molar refractivity (Wildman–Crippen MR) is 70.8 cm³/mol. The highest BCUT2D eigenvalue weighted by molar-refractivity contribution is 6.33. The number of hydrogen-bond donors (Lipinski definition) is 0. The van der Waals surface area contributed by atoms with Gasteiger partial charge < -0.3 is 9.64 Å². The first-order valence-corrected chi connectivity index (χ1v) is 6.54. The Kier molecular flexibility index (Phi) is 4.40. The zero-order chi connectivity index (χ0) is 13.0. The highest BCUT2D eigenvalue weighted by Crippen LogP contribution is 2.27. The lowest BCUT2D eigenvalue weighted by atomic mass is 10.1. The van der Waals surface area contributed by atoms with Gasteiger partial charge in [0.05, 0.1) is 16.7 Å². The third kappa shape index (κ3) is 2.92. The second kappa shape index (κ2) is 6.03. The molecule has 1 saturated heterocycles. The maximum Gasteiger partial charge on any atom is 0.147 e. The molecule has 5 heteroatoms. The van der Waals surface area contributed by atoms with Crippen LogP contribution in [-0.2, 0) is 4.74 Å². The fourth-order valence-electron chi connectivity index (χ4n) is 2.23. The van der Waals surface area contributed by atoms with Crippen LogP contribution in [0.2, 0.25) is 5.02 Å². The quantitative estimate of drug-likeness (QED) is 0.843. The minimum Gasteiger partial charge on any atom is -0.377 e. The average Bonchev–Trinajstić information content (AvgIpc) is 2.39. The summed E-state index contributed by atoms with van der Waals surface area (Å²) >= 11 is 6.17. The molecule has 1 aliphatic heterocycles. The Bertz CT molecular complexity index is 456. The van der Waals surface area contributed by atoms with Crippen molar-refractivity contribution in [2.45, 2.75) is 25.9 Å². The SMILES string of the molecule is CCO[C@@H]1CCCN(c2ncc(C#N)cc2Cl)C1. The van der Waals surface area contributed by atoms with Gasteiger partial charge >= 0.3 is 0 Å². The first-order valence-electron chi connectivity index (χ1n) is 6.16. The van der Waals surface area contributed by atoms with Crippen LogP contribution in [0.4, 0.5) is 5.82 Å². The Morgan fingerprint density at radius 3 is 3.17 bits per heavy atom. The van der Waals surface area contributed by atoms with Gasteiger partial charge in [-0.1, -0.05) is 11.6 Å². The fourth-order valence-corrected chi connectivity index (χ4v) is 2.51. The van der Waals surface area contributed by atoms with Crippen LogP contribution >= 0.6 is 11.6 Å². The van der Waals surface area contributed by atoms with Gasteiger partial charge in [0.1, 0.15) is 11.9 Å². The number of aromatic nitrogens is 1. The van der Waals surface area contributed by atoms with Gasteiger partial charge in [0.15, 0.2) is 0 Å². The van der Waals surface area contributed by atoms with Gasteiger partial charge in [0, 0.05) is 25.9 Å². The van der Waals surface area contributed by atoms with Crippen molar-refractivity contribution < 1.29 is 4.74 Å². The van der Waals surface area contributed by atoms with Crippen LogP contribution in [0.15, 0.2) is 12.3 Å². The first kappa shape index (κ1) is 13.1. The molecule has 1 atom stereocenters. The summed E-state index contributed by atoms with van der Waals surface area (Å²) in [6.45, 7) is 4.48. The van der Waals surface area contributed by atoms with Gasteiger partial charge in [0.2, 0.25) is 0 Å². The molecule has 0 radical (unpaired) electrons. The summed E-state index contributed by atoms with van der Waals surface area (Å²) in [6.07, 6.45) is 3.96. The largest absolute Gasteiger partial charge is 0.377 e. The van der Waals surface area contributed by atoms with E-state index in [1.165, 1.54) is 0 Å². The predicted octanol–water partition coefficient (Wildman–Crippen LogP) is 2.61. The minimum absolute atomic E-state index is 0.247. The molecule has 1 aromatic rings. The molecule has 2 rings (SSSR count). The van der Waals surface area contributed by atoms with E-state index in [1.54, 1.807) is 12.3 Å². The zero-order valence-corrected chi connectivity index (χ0v) is 11.2. The molecule has 0 bridgehead atoms. The summed E-state index contributed by atoms with van der Waals surface area (Å²) in [7, 11) is 0. The molecule has 4 nitrogen and oxygen atoms in total. The Hall–Kier alpha value is -1.31. The van der Waals surface area contributed by atoms with E-state index >= 15 is 0 Å². The molecule has 2 heterocycles. The fraction of sp³-hybridized carbons (Fsp3) is 0.538. The average molecular weight is 266 g/mol. The Labute approximate surface area is 112 Å². The zero-order valence-electron chi connectivity index (χ0n) is 10.4. The molecular weight excluding hydrogens is 250 g/mol. The van der Waals surface area contributed by atoms with Gasteiger partial charge in [0.25, 0.3) is 0 Å². The third-order valence-corrected chi connectivity index (χ3v) is 3.31. The number of rotatable bonds is 3. The normalized spacial score (nSPS) is 19.6. The van der Waals surface area contributed by atoms with E-state index < -0.39 is 0 Å². The highest BCUT2D eigenvalue weighted by Gasteiger charge is 2.22. The summed E-state index contributed by atoms with van der Waals surface area (Å²) in [5.41, 5.74) is 0.488. The summed E-state index contributed by atoms with van der Waals surface area (Å²) in [5, 5.41) is 9.33. The molecule has 1 fully saturated rings. The second-order valence-corrected chi connectivity index (χ2v) is 4.71. The van der Waals surface area contributed by atoms with E-state index in [4.69, 9.17) is 21.6 Å². The molecule has 1 aromatic heterocycles. The molecule has 0 unspecified atom stereocenters. The smallest absolute Gasteiger partial charge is 0.147 e. The van der Waals surface area contributed by atoms with Crippen molar-refractivity contribution in [3.8, 4) is 6.07 Å². The Morgan fingerprint density at radius 2 is 2.50 bits per heavy atom. The number of ether oxygens (including phenoxy) is 1. The lowest BCUT2D eigenvalue weighted by molar-refractivity contribution is 0.0525. The van der Waals surface area contributed by atoms with Gasteiger partial charge in [-0.25, -0.2) is 4.98 Å². The summed E-state index contributed by atoms with van der Waals surface area (Å²) in [6, 6.07) is 3.70. The van der Waals surface area contributed by atoms with Crippen molar-refractivity contribution in [1.82, 2.24) is 4.98 Å². The lowest BCUT2D eigenvalue weighted by Gasteiger charge is -2.33. The van der Waals surface area contributed by atoms with E-state index in [2.05, 4.69) is 9.88 Å². The van der Waals surface area contributed by atoms with Crippen LogP contribution in [0.25, 0.3) is 0 Å². The second-order valence-electron chi connectivity index (χ2n) is 4.31. The molecule has 0 aliphatic carbocycles. The number of anilines is 1. The van der Waals surface area contributed by atoms with E-state index in [1.807, 2.05) is 13.0 Å². The van der Waals surface area contributed by atoms with Crippen molar-refractivity contribution in [3.05, 3.63) is 22.8 Å². The summed E-state index contributed by atoms with van der Waals surface area (Å²) in [5.74, 6) is 0.750. The molecule has 18 heavy (non-hydrogen) atoms. The number of pyridine rings is 1. The van der Waals surface area contributed by atoms with Crippen molar-refractivity contribution >= 4 is 17.4 Å². The van der Waals surface area contributed by atoms with E-state index in [9.17, 15) is 0 Å². The molecule has 0 spiro atoms. The molecule has 1 aliphatic rings. The maximum atomic E-state index is 8.79. The molecule has 0 saturated carbocycles. The maximum absolute atomic E-state index is 8.79. The van der Waals surface area contributed by atoms with Crippen molar-refractivity contribution in [2.75, 3.05) is 24.6 Å². The summed E-state index contributed by atoms with van der Waals surface area (Å²) in [4.78, 5) is 6.42. The lowest BCUT2D eigenvalue weighted by Crippen LogP contribution is -2.40. The molecule has 96 valence electrons.